The molecule has 0 saturated heterocycles. The third kappa shape index (κ3) is 12.6. The highest BCUT2D eigenvalue weighted by Crippen LogP contribution is 2.12. The highest BCUT2D eigenvalue weighted by Gasteiger charge is 2.12. The lowest BCUT2D eigenvalue weighted by Gasteiger charge is -2.07. The highest BCUT2D eigenvalue weighted by molar-refractivity contribution is 5.82. The van der Waals surface area contributed by atoms with Crippen LogP contribution in [0.15, 0.2) is 0 Å². The fourth-order valence-electron chi connectivity index (χ4n) is 2.41. The Morgan fingerprint density at radius 1 is 0.850 bits per heavy atom. The van der Waals surface area contributed by atoms with E-state index < -0.39 is 6.10 Å². The Hall–Kier alpha value is -0.410. The molecule has 0 rings (SSSR count). The fraction of sp³-hybridized carbons (Fsp3) is 0.941. The van der Waals surface area contributed by atoms with Crippen LogP contribution in [0.25, 0.3) is 0 Å². The molecule has 0 aromatic carbocycles. The predicted octanol–water partition coefficient (Wildman–Crippen LogP) is 4.00. The number of ketones is 1. The van der Waals surface area contributed by atoms with E-state index in [0.717, 1.165) is 12.8 Å². The van der Waals surface area contributed by atoms with Gasteiger partial charge in [0.15, 0.2) is 5.78 Å². The van der Waals surface area contributed by atoms with Crippen molar-refractivity contribution in [3.63, 3.8) is 0 Å². The van der Waals surface area contributed by atoms with Gasteiger partial charge in [-0.25, -0.2) is 0 Å². The maximum atomic E-state index is 11.4. The Balaban J connectivity index is 3.18. The lowest BCUT2D eigenvalue weighted by atomic mass is 10.0. The van der Waals surface area contributed by atoms with Gasteiger partial charge in [-0.1, -0.05) is 71.1 Å². The van der Waals surface area contributed by atoms with E-state index in [-0.39, 0.29) is 18.8 Å². The van der Waals surface area contributed by atoms with Crippen molar-refractivity contribution in [2.45, 2.75) is 96.5 Å². The summed E-state index contributed by atoms with van der Waals surface area (Å²) in [6.07, 6.45) is 13.6. The SMILES string of the molecule is CCCCCCCCCCCCCC(=O)C(O)CCO. The topological polar surface area (TPSA) is 57.5 Å². The first-order chi connectivity index (χ1) is 9.72. The van der Waals surface area contributed by atoms with Crippen LogP contribution in [0.3, 0.4) is 0 Å². The quantitative estimate of drug-likeness (QED) is 0.447. The molecule has 0 heterocycles. The summed E-state index contributed by atoms with van der Waals surface area (Å²) in [5, 5.41) is 18.0. The first-order valence-corrected chi connectivity index (χ1v) is 8.54. The number of Topliss-reactive ketones (excluding diaryl/α,β-unsaturated/α-hetero) is 1. The van der Waals surface area contributed by atoms with Gasteiger partial charge in [0.1, 0.15) is 6.10 Å². The van der Waals surface area contributed by atoms with Crippen molar-refractivity contribution in [1.29, 1.82) is 0 Å². The lowest BCUT2D eigenvalue weighted by Crippen LogP contribution is -2.21. The summed E-state index contributed by atoms with van der Waals surface area (Å²) in [4.78, 5) is 11.4. The molecule has 120 valence electrons. The molecule has 1 atom stereocenters. The minimum atomic E-state index is -0.955. The van der Waals surface area contributed by atoms with Crippen LogP contribution in [-0.4, -0.2) is 28.7 Å². The predicted molar refractivity (Wildman–Crippen MR) is 83.8 cm³/mol. The number of rotatable bonds is 15. The molecule has 3 heteroatoms. The van der Waals surface area contributed by atoms with Gasteiger partial charge < -0.3 is 10.2 Å². The molecular weight excluding hydrogens is 252 g/mol. The molecule has 0 fully saturated rings. The average molecular weight is 286 g/mol. The van der Waals surface area contributed by atoms with Gasteiger partial charge in [-0.05, 0) is 6.42 Å². The molecule has 0 aliphatic heterocycles. The van der Waals surface area contributed by atoms with Crippen molar-refractivity contribution in [2.75, 3.05) is 6.61 Å². The number of aliphatic hydroxyl groups excluding tert-OH is 2. The molecule has 0 aliphatic carbocycles. The molecule has 0 spiro atoms. The summed E-state index contributed by atoms with van der Waals surface area (Å²) in [7, 11) is 0. The van der Waals surface area contributed by atoms with E-state index in [1.54, 1.807) is 0 Å². The van der Waals surface area contributed by atoms with Crippen molar-refractivity contribution in [3.05, 3.63) is 0 Å². The first kappa shape index (κ1) is 19.6. The Morgan fingerprint density at radius 3 is 1.75 bits per heavy atom. The highest BCUT2D eigenvalue weighted by atomic mass is 16.3. The first-order valence-electron chi connectivity index (χ1n) is 8.54. The molecule has 0 bridgehead atoms. The second-order valence-electron chi connectivity index (χ2n) is 5.78. The standard InChI is InChI=1S/C17H34O3/c1-2-3-4-5-6-7-8-9-10-11-12-13-16(19)17(20)14-15-18/h17-18,20H,2-15H2,1H3. The van der Waals surface area contributed by atoms with Crippen LogP contribution < -0.4 is 0 Å². The van der Waals surface area contributed by atoms with Crippen molar-refractivity contribution in [3.8, 4) is 0 Å². The van der Waals surface area contributed by atoms with Crippen molar-refractivity contribution >= 4 is 5.78 Å². The van der Waals surface area contributed by atoms with Crippen molar-refractivity contribution < 1.29 is 15.0 Å². The molecule has 1 unspecified atom stereocenters. The fourth-order valence-corrected chi connectivity index (χ4v) is 2.41. The van der Waals surface area contributed by atoms with Crippen LogP contribution in [-0.2, 0) is 4.79 Å². The van der Waals surface area contributed by atoms with E-state index in [2.05, 4.69) is 6.92 Å². The van der Waals surface area contributed by atoms with Crippen molar-refractivity contribution in [2.24, 2.45) is 0 Å². The molecule has 3 nitrogen and oxygen atoms in total. The number of hydrogen-bond acceptors (Lipinski definition) is 3. The van der Waals surface area contributed by atoms with Crippen LogP contribution in [0.4, 0.5) is 0 Å². The van der Waals surface area contributed by atoms with Gasteiger partial charge in [-0.15, -0.1) is 0 Å². The minimum Gasteiger partial charge on any atom is -0.396 e. The van der Waals surface area contributed by atoms with Gasteiger partial charge in [0, 0.05) is 19.4 Å². The zero-order chi connectivity index (χ0) is 15.1. The molecule has 0 radical (unpaired) electrons. The normalized spacial score (nSPS) is 12.6. The lowest BCUT2D eigenvalue weighted by molar-refractivity contribution is -0.127. The van der Waals surface area contributed by atoms with Crippen LogP contribution in [0.1, 0.15) is 90.4 Å². The summed E-state index contributed by atoms with van der Waals surface area (Å²) in [6, 6.07) is 0. The van der Waals surface area contributed by atoms with Crippen LogP contribution >= 0.6 is 0 Å². The van der Waals surface area contributed by atoms with Crippen LogP contribution in [0, 0.1) is 0 Å². The van der Waals surface area contributed by atoms with Gasteiger partial charge >= 0.3 is 0 Å². The van der Waals surface area contributed by atoms with E-state index in [4.69, 9.17) is 5.11 Å². The molecule has 0 amide bonds. The summed E-state index contributed by atoms with van der Waals surface area (Å²) in [6.45, 7) is 2.12. The van der Waals surface area contributed by atoms with Gasteiger partial charge in [0.05, 0.1) is 0 Å². The number of carbonyl (C=O) groups is 1. The molecule has 0 aliphatic rings. The molecule has 0 aromatic heterocycles. The number of aliphatic hydroxyl groups is 2. The molecule has 20 heavy (non-hydrogen) atoms. The van der Waals surface area contributed by atoms with Gasteiger partial charge in [-0.2, -0.15) is 0 Å². The van der Waals surface area contributed by atoms with E-state index in [1.165, 1.54) is 57.8 Å². The monoisotopic (exact) mass is 286 g/mol. The maximum absolute atomic E-state index is 11.4. The zero-order valence-electron chi connectivity index (χ0n) is 13.3. The van der Waals surface area contributed by atoms with E-state index in [0.29, 0.717) is 6.42 Å². The molecular formula is C17H34O3. The van der Waals surface area contributed by atoms with Crippen molar-refractivity contribution in [1.82, 2.24) is 0 Å². The second kappa shape index (κ2) is 15.0. The third-order valence-electron chi connectivity index (χ3n) is 3.80. The average Bonchev–Trinajstić information content (AvgIpc) is 2.44. The number of unbranched alkanes of at least 4 members (excludes halogenated alkanes) is 10. The number of carbonyl (C=O) groups excluding carboxylic acids is 1. The Labute approximate surface area is 124 Å². The molecule has 0 saturated carbocycles. The van der Waals surface area contributed by atoms with E-state index in [9.17, 15) is 9.90 Å². The summed E-state index contributed by atoms with van der Waals surface area (Å²) < 4.78 is 0. The summed E-state index contributed by atoms with van der Waals surface area (Å²) in [5.74, 6) is -0.116. The Bertz CT molecular complexity index is 216. The van der Waals surface area contributed by atoms with Crippen LogP contribution in [0.5, 0.6) is 0 Å². The third-order valence-corrected chi connectivity index (χ3v) is 3.80. The Morgan fingerprint density at radius 2 is 1.30 bits per heavy atom. The molecule has 2 N–H and O–H groups in total. The molecule has 0 aromatic rings. The zero-order valence-corrected chi connectivity index (χ0v) is 13.3. The van der Waals surface area contributed by atoms with E-state index >= 15 is 0 Å². The van der Waals surface area contributed by atoms with Gasteiger partial charge in [0.2, 0.25) is 0 Å². The van der Waals surface area contributed by atoms with Gasteiger partial charge in [-0.3, -0.25) is 4.79 Å². The Kier molecular flexibility index (Phi) is 14.7. The van der Waals surface area contributed by atoms with Gasteiger partial charge in [0.25, 0.3) is 0 Å². The van der Waals surface area contributed by atoms with E-state index in [1.807, 2.05) is 0 Å². The smallest absolute Gasteiger partial charge is 0.161 e. The summed E-state index contributed by atoms with van der Waals surface area (Å²) in [5.41, 5.74) is 0. The largest absolute Gasteiger partial charge is 0.396 e. The minimum absolute atomic E-state index is 0.116. The second-order valence-corrected chi connectivity index (χ2v) is 5.78. The van der Waals surface area contributed by atoms with Crippen LogP contribution in [0.2, 0.25) is 0 Å². The summed E-state index contributed by atoms with van der Waals surface area (Å²) >= 11 is 0. The maximum Gasteiger partial charge on any atom is 0.161 e. The number of hydrogen-bond donors (Lipinski definition) is 2.